The van der Waals surface area contributed by atoms with Gasteiger partial charge in [0.1, 0.15) is 17.2 Å². The number of nitrogens with zero attached hydrogens (tertiary/aromatic N) is 1. The number of nitrogens with one attached hydrogen (secondary N) is 2. The summed E-state index contributed by atoms with van der Waals surface area (Å²) < 4.78 is 7.02. The zero-order valence-electron chi connectivity index (χ0n) is 22.3. The molecule has 0 aliphatic rings. The van der Waals surface area contributed by atoms with Gasteiger partial charge in [0.25, 0.3) is 11.5 Å². The van der Waals surface area contributed by atoms with Crippen LogP contribution in [0.1, 0.15) is 68.1 Å². The van der Waals surface area contributed by atoms with Crippen LogP contribution in [0.25, 0.3) is 0 Å². The second-order valence-electron chi connectivity index (χ2n) is 10.0. The maximum absolute atomic E-state index is 13.7. The van der Waals surface area contributed by atoms with Crippen LogP contribution in [0.2, 0.25) is 0 Å². The molecule has 0 aliphatic carbocycles. The molecule has 3 aromatic rings. The summed E-state index contributed by atoms with van der Waals surface area (Å²) in [7, 11) is 0. The van der Waals surface area contributed by atoms with E-state index in [-0.39, 0.29) is 17.9 Å². The van der Waals surface area contributed by atoms with Crippen molar-refractivity contribution in [3.63, 3.8) is 0 Å². The second kappa shape index (κ2) is 12.9. The SMILES string of the molecule is CC(=O)NCCC[C@H](NC(=O)c1cccn(C(c2ccccc2)c2ccccc2)c1=O)C(=O)OC(C)(C)C. The van der Waals surface area contributed by atoms with Crippen LogP contribution >= 0.6 is 0 Å². The lowest BCUT2D eigenvalue weighted by Crippen LogP contribution is -2.46. The molecule has 2 N–H and O–H groups in total. The van der Waals surface area contributed by atoms with E-state index in [4.69, 9.17) is 4.74 Å². The number of hydrogen-bond acceptors (Lipinski definition) is 5. The lowest BCUT2D eigenvalue weighted by atomic mass is 9.98. The molecule has 2 amide bonds. The number of aromatic nitrogens is 1. The van der Waals surface area contributed by atoms with Gasteiger partial charge in [-0.1, -0.05) is 60.7 Å². The third kappa shape index (κ3) is 7.90. The molecule has 0 saturated carbocycles. The third-order valence-corrected chi connectivity index (χ3v) is 5.77. The molecule has 2 aromatic carbocycles. The van der Waals surface area contributed by atoms with Crippen molar-refractivity contribution in [2.24, 2.45) is 0 Å². The molecule has 0 saturated heterocycles. The summed E-state index contributed by atoms with van der Waals surface area (Å²) in [6.45, 7) is 6.98. The molecule has 8 heteroatoms. The van der Waals surface area contributed by atoms with E-state index >= 15 is 0 Å². The van der Waals surface area contributed by atoms with Gasteiger partial charge in [-0.15, -0.1) is 0 Å². The van der Waals surface area contributed by atoms with Gasteiger partial charge in [0.05, 0.1) is 6.04 Å². The van der Waals surface area contributed by atoms with Gasteiger partial charge in [0, 0.05) is 19.7 Å². The normalized spacial score (nSPS) is 12.0. The highest BCUT2D eigenvalue weighted by Gasteiger charge is 2.28. The van der Waals surface area contributed by atoms with Gasteiger partial charge in [0.2, 0.25) is 5.91 Å². The fourth-order valence-corrected chi connectivity index (χ4v) is 4.10. The summed E-state index contributed by atoms with van der Waals surface area (Å²) in [5.41, 5.74) is 0.463. The number of esters is 1. The number of hydrogen-bond donors (Lipinski definition) is 2. The first-order valence-electron chi connectivity index (χ1n) is 12.7. The number of benzene rings is 2. The fraction of sp³-hybridized carbons (Fsp3) is 0.333. The summed E-state index contributed by atoms with van der Waals surface area (Å²) in [6.07, 6.45) is 2.33. The van der Waals surface area contributed by atoms with Crippen molar-refractivity contribution in [3.05, 3.63) is 106 Å². The highest BCUT2D eigenvalue weighted by Crippen LogP contribution is 2.25. The maximum atomic E-state index is 13.7. The molecule has 0 radical (unpaired) electrons. The number of ether oxygens (including phenoxy) is 1. The first-order valence-corrected chi connectivity index (χ1v) is 12.7. The molecular formula is C30H35N3O5. The highest BCUT2D eigenvalue weighted by molar-refractivity contribution is 5.96. The van der Waals surface area contributed by atoms with Crippen LogP contribution in [0.15, 0.2) is 83.8 Å². The summed E-state index contributed by atoms with van der Waals surface area (Å²) in [5, 5.41) is 5.37. The Labute approximate surface area is 223 Å². The van der Waals surface area contributed by atoms with Crippen LogP contribution in [0, 0.1) is 0 Å². The van der Waals surface area contributed by atoms with Crippen LogP contribution in [0.3, 0.4) is 0 Å². The number of carbonyl (C=O) groups excluding carboxylic acids is 3. The smallest absolute Gasteiger partial charge is 0.329 e. The molecule has 1 heterocycles. The molecule has 1 atom stereocenters. The largest absolute Gasteiger partial charge is 0.458 e. The molecule has 0 fully saturated rings. The van der Waals surface area contributed by atoms with Crippen LogP contribution in [0.5, 0.6) is 0 Å². The van der Waals surface area contributed by atoms with E-state index < -0.39 is 35.1 Å². The monoisotopic (exact) mass is 517 g/mol. The van der Waals surface area contributed by atoms with Crippen molar-refractivity contribution in [1.29, 1.82) is 0 Å². The van der Waals surface area contributed by atoms with Gasteiger partial charge in [-0.2, -0.15) is 0 Å². The van der Waals surface area contributed by atoms with Crippen molar-refractivity contribution < 1.29 is 19.1 Å². The number of amides is 2. The van der Waals surface area contributed by atoms with Gasteiger partial charge in [0.15, 0.2) is 0 Å². The number of pyridine rings is 1. The minimum absolute atomic E-state index is 0.0835. The average molecular weight is 518 g/mol. The zero-order chi connectivity index (χ0) is 27.7. The highest BCUT2D eigenvalue weighted by atomic mass is 16.6. The first kappa shape index (κ1) is 28.4. The summed E-state index contributed by atoms with van der Waals surface area (Å²) >= 11 is 0. The summed E-state index contributed by atoms with van der Waals surface area (Å²) in [4.78, 5) is 51.1. The fourth-order valence-electron chi connectivity index (χ4n) is 4.10. The minimum atomic E-state index is -0.984. The number of rotatable bonds is 10. The van der Waals surface area contributed by atoms with E-state index in [9.17, 15) is 19.2 Å². The van der Waals surface area contributed by atoms with Gasteiger partial charge in [-0.3, -0.25) is 14.4 Å². The van der Waals surface area contributed by atoms with Crippen LogP contribution in [-0.2, 0) is 14.3 Å². The van der Waals surface area contributed by atoms with E-state index in [1.807, 2.05) is 60.7 Å². The van der Waals surface area contributed by atoms with E-state index in [1.54, 1.807) is 33.0 Å². The van der Waals surface area contributed by atoms with Crippen molar-refractivity contribution in [3.8, 4) is 0 Å². The molecule has 200 valence electrons. The van der Waals surface area contributed by atoms with Crippen molar-refractivity contribution >= 4 is 17.8 Å². The molecule has 3 rings (SSSR count). The quantitative estimate of drug-likeness (QED) is 0.314. The van der Waals surface area contributed by atoms with Crippen LogP contribution in [-0.4, -0.2) is 40.5 Å². The van der Waals surface area contributed by atoms with Crippen LogP contribution < -0.4 is 16.2 Å². The van der Waals surface area contributed by atoms with Gasteiger partial charge >= 0.3 is 5.97 Å². The Balaban J connectivity index is 1.92. The van der Waals surface area contributed by atoms with Crippen LogP contribution in [0.4, 0.5) is 0 Å². The topological polar surface area (TPSA) is 107 Å². The Morgan fingerprint density at radius 3 is 2.00 bits per heavy atom. The molecule has 38 heavy (non-hydrogen) atoms. The molecule has 0 unspecified atom stereocenters. The molecule has 0 spiro atoms. The molecule has 0 bridgehead atoms. The third-order valence-electron chi connectivity index (χ3n) is 5.77. The average Bonchev–Trinajstić information content (AvgIpc) is 2.87. The van der Waals surface area contributed by atoms with Crippen molar-refractivity contribution in [2.75, 3.05) is 6.54 Å². The predicted octanol–water partition coefficient (Wildman–Crippen LogP) is 3.84. The molecule has 8 nitrogen and oxygen atoms in total. The van der Waals surface area contributed by atoms with E-state index in [0.29, 0.717) is 13.0 Å². The van der Waals surface area contributed by atoms with E-state index in [1.165, 1.54) is 17.6 Å². The van der Waals surface area contributed by atoms with Crippen molar-refractivity contribution in [2.45, 2.75) is 58.2 Å². The van der Waals surface area contributed by atoms with E-state index in [0.717, 1.165) is 11.1 Å². The Morgan fingerprint density at radius 2 is 1.47 bits per heavy atom. The summed E-state index contributed by atoms with van der Waals surface area (Å²) in [5.74, 6) is -1.45. The Kier molecular flexibility index (Phi) is 9.60. The van der Waals surface area contributed by atoms with Gasteiger partial charge in [-0.05, 0) is 56.9 Å². The Morgan fingerprint density at radius 1 is 0.895 bits per heavy atom. The minimum Gasteiger partial charge on any atom is -0.458 e. The Bertz CT molecular complexity index is 1260. The standard InChI is InChI=1S/C30H35N3O5/c1-21(34)31-19-11-18-25(29(37)38-30(2,3)4)32-27(35)24-17-12-20-33(28(24)36)26(22-13-7-5-8-14-22)23-15-9-6-10-16-23/h5-10,12-17,20,25-26H,11,18-19H2,1-4H3,(H,31,34)(H,32,35)/t25-/m0/s1. The first-order chi connectivity index (χ1) is 18.1. The van der Waals surface area contributed by atoms with E-state index in [2.05, 4.69) is 10.6 Å². The molecule has 1 aromatic heterocycles. The molecular weight excluding hydrogens is 482 g/mol. The van der Waals surface area contributed by atoms with Crippen molar-refractivity contribution in [1.82, 2.24) is 15.2 Å². The van der Waals surface area contributed by atoms with Gasteiger partial charge in [-0.25, -0.2) is 4.79 Å². The predicted molar refractivity (Wildman–Crippen MR) is 146 cm³/mol. The summed E-state index contributed by atoms with van der Waals surface area (Å²) in [6, 6.07) is 20.8. The lowest BCUT2D eigenvalue weighted by molar-refractivity contribution is -0.157. The zero-order valence-corrected chi connectivity index (χ0v) is 22.3. The second-order valence-corrected chi connectivity index (χ2v) is 10.0. The Hall–Kier alpha value is -4.20. The molecule has 0 aliphatic heterocycles. The van der Waals surface area contributed by atoms with Gasteiger partial charge < -0.3 is 19.9 Å². The number of carbonyl (C=O) groups is 3. The maximum Gasteiger partial charge on any atom is 0.329 e. The lowest BCUT2D eigenvalue weighted by Gasteiger charge is -2.25.